The van der Waals surface area contributed by atoms with Crippen LogP contribution in [0.5, 0.6) is 0 Å². The van der Waals surface area contributed by atoms with Gasteiger partial charge in [-0.3, -0.25) is 5.26 Å². The smallest absolute Gasteiger partial charge is 0.155 e. The van der Waals surface area contributed by atoms with Gasteiger partial charge in [0.1, 0.15) is 5.76 Å². The van der Waals surface area contributed by atoms with E-state index in [-0.39, 0.29) is 0 Å². The van der Waals surface area contributed by atoms with Crippen LogP contribution >= 0.6 is 0 Å². The molecular weight excluding hydrogens is 132 g/mol. The number of hydrogen-bond acceptors (Lipinski definition) is 3. The van der Waals surface area contributed by atoms with Crippen LogP contribution in [0.25, 0.3) is 0 Å². The Morgan fingerprint density at radius 2 is 2.30 bits per heavy atom. The zero-order chi connectivity index (χ0) is 7.61. The molecule has 0 saturated heterocycles. The predicted molar refractivity (Wildman–Crippen MR) is 35.4 cm³/mol. The van der Waals surface area contributed by atoms with Gasteiger partial charge in [-0.1, -0.05) is 0 Å². The SMILES string of the molecule is CC(C)(OO)c1ccco1. The average molecular weight is 142 g/mol. The molecule has 0 fully saturated rings. The molecule has 10 heavy (non-hydrogen) atoms. The van der Waals surface area contributed by atoms with Crippen molar-refractivity contribution in [2.75, 3.05) is 0 Å². The van der Waals surface area contributed by atoms with Gasteiger partial charge in [-0.15, -0.1) is 0 Å². The van der Waals surface area contributed by atoms with Gasteiger partial charge in [-0.05, 0) is 26.0 Å². The Balaban J connectivity index is 2.85. The molecule has 3 heteroatoms. The third-order valence-electron chi connectivity index (χ3n) is 1.34. The monoisotopic (exact) mass is 142 g/mol. The van der Waals surface area contributed by atoms with E-state index in [0.29, 0.717) is 5.76 Å². The van der Waals surface area contributed by atoms with E-state index in [0.717, 1.165) is 0 Å². The molecule has 0 saturated carbocycles. The van der Waals surface area contributed by atoms with Gasteiger partial charge in [0, 0.05) is 0 Å². The fourth-order valence-electron chi connectivity index (χ4n) is 0.666. The zero-order valence-corrected chi connectivity index (χ0v) is 6.00. The fourth-order valence-corrected chi connectivity index (χ4v) is 0.666. The molecule has 3 nitrogen and oxygen atoms in total. The van der Waals surface area contributed by atoms with E-state index < -0.39 is 5.60 Å². The molecule has 1 N–H and O–H groups in total. The van der Waals surface area contributed by atoms with Gasteiger partial charge in [-0.2, -0.15) is 0 Å². The molecule has 0 aromatic carbocycles. The summed E-state index contributed by atoms with van der Waals surface area (Å²) >= 11 is 0. The highest BCUT2D eigenvalue weighted by Crippen LogP contribution is 2.23. The summed E-state index contributed by atoms with van der Waals surface area (Å²) in [6.45, 7) is 3.43. The summed E-state index contributed by atoms with van der Waals surface area (Å²) in [5, 5.41) is 8.41. The van der Waals surface area contributed by atoms with E-state index in [9.17, 15) is 0 Å². The minimum atomic E-state index is -0.747. The number of furan rings is 1. The second-order valence-corrected chi connectivity index (χ2v) is 2.58. The van der Waals surface area contributed by atoms with E-state index in [1.54, 1.807) is 26.0 Å². The van der Waals surface area contributed by atoms with Crippen molar-refractivity contribution in [3.63, 3.8) is 0 Å². The second kappa shape index (κ2) is 2.44. The minimum absolute atomic E-state index is 0.606. The molecule has 1 aromatic rings. The van der Waals surface area contributed by atoms with Crippen molar-refractivity contribution >= 4 is 0 Å². The molecule has 0 unspecified atom stereocenters. The summed E-state index contributed by atoms with van der Waals surface area (Å²) in [4.78, 5) is 4.19. The largest absolute Gasteiger partial charge is 0.466 e. The highest BCUT2D eigenvalue weighted by Gasteiger charge is 2.24. The van der Waals surface area contributed by atoms with Crippen LogP contribution in [0.2, 0.25) is 0 Å². The van der Waals surface area contributed by atoms with E-state index in [2.05, 4.69) is 4.89 Å². The second-order valence-electron chi connectivity index (χ2n) is 2.58. The first-order valence-electron chi connectivity index (χ1n) is 3.03. The van der Waals surface area contributed by atoms with Crippen LogP contribution in [0.3, 0.4) is 0 Å². The highest BCUT2D eigenvalue weighted by molar-refractivity contribution is 5.06. The molecule has 0 spiro atoms. The van der Waals surface area contributed by atoms with Crippen molar-refractivity contribution < 1.29 is 14.6 Å². The molecule has 0 amide bonds. The molecule has 1 aromatic heterocycles. The summed E-state index contributed by atoms with van der Waals surface area (Å²) < 4.78 is 5.00. The zero-order valence-electron chi connectivity index (χ0n) is 6.00. The van der Waals surface area contributed by atoms with Crippen molar-refractivity contribution in [2.24, 2.45) is 0 Å². The highest BCUT2D eigenvalue weighted by atomic mass is 17.1. The lowest BCUT2D eigenvalue weighted by atomic mass is 10.1. The van der Waals surface area contributed by atoms with Gasteiger partial charge in [-0.25, -0.2) is 4.89 Å². The molecule has 0 aliphatic rings. The quantitative estimate of drug-likeness (QED) is 0.507. The predicted octanol–water partition coefficient (Wildman–Crippen LogP) is 2.00. The van der Waals surface area contributed by atoms with Gasteiger partial charge < -0.3 is 4.42 Å². The van der Waals surface area contributed by atoms with Gasteiger partial charge in [0.2, 0.25) is 0 Å². The summed E-state index contributed by atoms with van der Waals surface area (Å²) in [7, 11) is 0. The Labute approximate surface area is 59.2 Å². The first-order valence-corrected chi connectivity index (χ1v) is 3.03. The Morgan fingerprint density at radius 3 is 2.70 bits per heavy atom. The van der Waals surface area contributed by atoms with Crippen LogP contribution in [0.1, 0.15) is 19.6 Å². The molecule has 0 atom stereocenters. The Morgan fingerprint density at radius 1 is 1.60 bits per heavy atom. The van der Waals surface area contributed by atoms with Crippen LogP contribution in [-0.4, -0.2) is 5.26 Å². The molecule has 0 bridgehead atoms. The molecular formula is C7H10O3. The Kier molecular flexibility index (Phi) is 1.78. The van der Waals surface area contributed by atoms with Crippen LogP contribution in [-0.2, 0) is 10.5 Å². The van der Waals surface area contributed by atoms with Crippen molar-refractivity contribution in [3.8, 4) is 0 Å². The number of hydrogen-bond donors (Lipinski definition) is 1. The Hall–Kier alpha value is -0.800. The fraction of sp³-hybridized carbons (Fsp3) is 0.429. The van der Waals surface area contributed by atoms with Crippen molar-refractivity contribution in [3.05, 3.63) is 24.2 Å². The lowest BCUT2D eigenvalue weighted by molar-refractivity contribution is -0.322. The van der Waals surface area contributed by atoms with Gasteiger partial charge in [0.15, 0.2) is 5.60 Å². The van der Waals surface area contributed by atoms with Crippen LogP contribution < -0.4 is 0 Å². The average Bonchev–Trinajstić information content (AvgIpc) is 2.38. The van der Waals surface area contributed by atoms with Crippen LogP contribution in [0.15, 0.2) is 22.8 Å². The van der Waals surface area contributed by atoms with Crippen molar-refractivity contribution in [1.82, 2.24) is 0 Å². The Bertz CT molecular complexity index is 189. The van der Waals surface area contributed by atoms with Gasteiger partial charge in [0.25, 0.3) is 0 Å². The number of rotatable bonds is 2. The summed E-state index contributed by atoms with van der Waals surface area (Å²) in [5.74, 6) is 0.606. The van der Waals surface area contributed by atoms with Gasteiger partial charge in [0.05, 0.1) is 6.26 Å². The van der Waals surface area contributed by atoms with E-state index in [1.807, 2.05) is 0 Å². The molecule has 0 radical (unpaired) electrons. The molecule has 0 aliphatic heterocycles. The lowest BCUT2D eigenvalue weighted by Crippen LogP contribution is -2.18. The van der Waals surface area contributed by atoms with Crippen LogP contribution in [0, 0.1) is 0 Å². The van der Waals surface area contributed by atoms with E-state index in [4.69, 9.17) is 9.67 Å². The summed E-state index contributed by atoms with van der Waals surface area (Å²) in [6, 6.07) is 3.49. The minimum Gasteiger partial charge on any atom is -0.466 e. The first kappa shape index (κ1) is 7.31. The lowest BCUT2D eigenvalue weighted by Gasteiger charge is -2.16. The molecule has 56 valence electrons. The molecule has 1 rings (SSSR count). The van der Waals surface area contributed by atoms with Crippen molar-refractivity contribution in [1.29, 1.82) is 0 Å². The maximum Gasteiger partial charge on any atom is 0.155 e. The maximum absolute atomic E-state index is 8.41. The topological polar surface area (TPSA) is 42.6 Å². The van der Waals surface area contributed by atoms with E-state index >= 15 is 0 Å². The van der Waals surface area contributed by atoms with E-state index in [1.165, 1.54) is 6.26 Å². The molecule has 1 heterocycles. The normalized spacial score (nSPS) is 11.9. The third-order valence-corrected chi connectivity index (χ3v) is 1.34. The van der Waals surface area contributed by atoms with Gasteiger partial charge >= 0.3 is 0 Å². The summed E-state index contributed by atoms with van der Waals surface area (Å²) in [5.41, 5.74) is -0.747. The first-order chi connectivity index (χ1) is 4.67. The third kappa shape index (κ3) is 1.20. The molecule has 0 aliphatic carbocycles. The van der Waals surface area contributed by atoms with Crippen molar-refractivity contribution in [2.45, 2.75) is 19.4 Å². The van der Waals surface area contributed by atoms with Crippen LogP contribution in [0.4, 0.5) is 0 Å². The standard InChI is InChI=1S/C7H10O3/c1-7(2,10-8)6-4-3-5-9-6/h3-5,8H,1-2H3. The maximum atomic E-state index is 8.41. The summed E-state index contributed by atoms with van der Waals surface area (Å²) in [6.07, 6.45) is 1.54.